The lowest BCUT2D eigenvalue weighted by molar-refractivity contribution is -0.131. The number of nitriles is 1. The summed E-state index contributed by atoms with van der Waals surface area (Å²) in [6.45, 7) is 5.18. The minimum absolute atomic E-state index is 0.00144. The summed E-state index contributed by atoms with van der Waals surface area (Å²) < 4.78 is 13.9. The summed E-state index contributed by atoms with van der Waals surface area (Å²) >= 11 is 0. The van der Waals surface area contributed by atoms with Crippen molar-refractivity contribution >= 4 is 5.91 Å². The first-order valence-electron chi connectivity index (χ1n) is 7.18. The Morgan fingerprint density at radius 2 is 2.24 bits per heavy atom. The van der Waals surface area contributed by atoms with E-state index < -0.39 is 5.82 Å². The van der Waals surface area contributed by atoms with E-state index in [9.17, 15) is 9.18 Å². The lowest BCUT2D eigenvalue weighted by atomic mass is 10.1. The molecule has 1 unspecified atom stereocenters. The van der Waals surface area contributed by atoms with Crippen molar-refractivity contribution in [1.82, 2.24) is 4.90 Å². The Bertz CT molecular complexity index is 525. The zero-order valence-corrected chi connectivity index (χ0v) is 12.6. The number of benzene rings is 1. The Morgan fingerprint density at radius 3 is 2.76 bits per heavy atom. The molecule has 0 fully saturated rings. The van der Waals surface area contributed by atoms with E-state index in [0.29, 0.717) is 31.0 Å². The summed E-state index contributed by atoms with van der Waals surface area (Å²) in [5, 5.41) is 8.72. The van der Waals surface area contributed by atoms with Crippen LogP contribution in [0.15, 0.2) is 18.2 Å². The Kier molecular flexibility index (Phi) is 6.83. The quantitative estimate of drug-likeness (QED) is 0.838. The maximum Gasteiger partial charge on any atom is 0.222 e. The molecule has 0 aliphatic rings. The monoisotopic (exact) mass is 291 g/mol. The third-order valence-electron chi connectivity index (χ3n) is 3.53. The van der Waals surface area contributed by atoms with Crippen molar-refractivity contribution in [2.75, 3.05) is 13.1 Å². The third kappa shape index (κ3) is 5.16. The SMILES string of the molecule is CCN(Cc1ccc(C#N)cc1F)C(=O)CCC(C)CN. The minimum Gasteiger partial charge on any atom is -0.339 e. The summed E-state index contributed by atoms with van der Waals surface area (Å²) in [6.07, 6.45) is 1.16. The van der Waals surface area contributed by atoms with Crippen molar-refractivity contribution in [2.45, 2.75) is 33.2 Å². The molecule has 0 aliphatic carbocycles. The summed E-state index contributed by atoms with van der Waals surface area (Å²) in [5.41, 5.74) is 6.24. The number of nitrogens with two attached hydrogens (primary N) is 1. The number of amides is 1. The fourth-order valence-corrected chi connectivity index (χ4v) is 1.97. The van der Waals surface area contributed by atoms with Crippen LogP contribution in [0.4, 0.5) is 4.39 Å². The highest BCUT2D eigenvalue weighted by molar-refractivity contribution is 5.76. The van der Waals surface area contributed by atoms with E-state index in [1.165, 1.54) is 6.07 Å². The third-order valence-corrected chi connectivity index (χ3v) is 3.53. The lowest BCUT2D eigenvalue weighted by Gasteiger charge is -2.22. The summed E-state index contributed by atoms with van der Waals surface area (Å²) in [7, 11) is 0. The van der Waals surface area contributed by atoms with E-state index >= 15 is 0 Å². The van der Waals surface area contributed by atoms with Gasteiger partial charge in [0.25, 0.3) is 0 Å². The van der Waals surface area contributed by atoms with Gasteiger partial charge < -0.3 is 10.6 Å². The van der Waals surface area contributed by atoms with Gasteiger partial charge in [-0.25, -0.2) is 4.39 Å². The van der Waals surface area contributed by atoms with Crippen LogP contribution >= 0.6 is 0 Å². The first-order valence-corrected chi connectivity index (χ1v) is 7.18. The standard InChI is InChI=1S/C16H22FN3O/c1-3-20(16(21)7-4-12(2)9-18)11-14-6-5-13(10-19)8-15(14)17/h5-6,8,12H,3-4,7,9,11,18H2,1-2H3. The Hall–Kier alpha value is -1.93. The summed E-state index contributed by atoms with van der Waals surface area (Å²) in [6, 6.07) is 6.22. The molecule has 1 aromatic rings. The predicted octanol–water partition coefficient (Wildman–Crippen LogP) is 2.42. The maximum atomic E-state index is 13.9. The zero-order chi connectivity index (χ0) is 15.8. The molecule has 4 nitrogen and oxygen atoms in total. The topological polar surface area (TPSA) is 70.1 Å². The smallest absolute Gasteiger partial charge is 0.222 e. The Morgan fingerprint density at radius 1 is 1.52 bits per heavy atom. The van der Waals surface area contributed by atoms with Crippen molar-refractivity contribution in [2.24, 2.45) is 11.7 Å². The summed E-state index contributed by atoms with van der Waals surface area (Å²) in [4.78, 5) is 13.8. The van der Waals surface area contributed by atoms with Gasteiger partial charge in [0.1, 0.15) is 5.82 Å². The van der Waals surface area contributed by atoms with Gasteiger partial charge in [-0.2, -0.15) is 5.26 Å². The van der Waals surface area contributed by atoms with Crippen LogP contribution in [0.2, 0.25) is 0 Å². The molecular formula is C16H22FN3O. The second-order valence-electron chi connectivity index (χ2n) is 5.21. The predicted molar refractivity (Wildman–Crippen MR) is 79.7 cm³/mol. The molecule has 1 amide bonds. The van der Waals surface area contributed by atoms with Gasteiger partial charge in [0.15, 0.2) is 0 Å². The van der Waals surface area contributed by atoms with E-state index in [4.69, 9.17) is 11.0 Å². The molecule has 0 saturated carbocycles. The largest absolute Gasteiger partial charge is 0.339 e. The molecule has 2 N–H and O–H groups in total. The second kappa shape index (κ2) is 8.38. The average Bonchev–Trinajstić information content (AvgIpc) is 2.50. The molecule has 1 aromatic carbocycles. The molecule has 0 aliphatic heterocycles. The van der Waals surface area contributed by atoms with Gasteiger partial charge in [-0.3, -0.25) is 4.79 Å². The van der Waals surface area contributed by atoms with E-state index in [-0.39, 0.29) is 18.0 Å². The molecule has 0 spiro atoms. The van der Waals surface area contributed by atoms with Crippen LogP contribution in [0.5, 0.6) is 0 Å². The number of nitrogens with zero attached hydrogens (tertiary/aromatic N) is 2. The molecule has 114 valence electrons. The van der Waals surface area contributed by atoms with Gasteiger partial charge in [-0.15, -0.1) is 0 Å². The van der Waals surface area contributed by atoms with Crippen molar-refractivity contribution < 1.29 is 9.18 Å². The maximum absolute atomic E-state index is 13.9. The van der Waals surface area contributed by atoms with E-state index in [1.807, 2.05) is 19.9 Å². The molecule has 1 rings (SSSR count). The molecule has 0 heterocycles. The first-order chi connectivity index (χ1) is 10.0. The highest BCUT2D eigenvalue weighted by Crippen LogP contribution is 2.14. The fourth-order valence-electron chi connectivity index (χ4n) is 1.97. The van der Waals surface area contributed by atoms with E-state index in [0.717, 1.165) is 6.42 Å². The summed E-state index contributed by atoms with van der Waals surface area (Å²) in [5.74, 6) is -0.142. The van der Waals surface area contributed by atoms with Gasteiger partial charge in [0.2, 0.25) is 5.91 Å². The van der Waals surface area contributed by atoms with Gasteiger partial charge >= 0.3 is 0 Å². The van der Waals surface area contributed by atoms with Crippen molar-refractivity contribution in [1.29, 1.82) is 5.26 Å². The molecule has 21 heavy (non-hydrogen) atoms. The van der Waals surface area contributed by atoms with Gasteiger partial charge in [-0.05, 0) is 37.9 Å². The molecule has 0 aromatic heterocycles. The van der Waals surface area contributed by atoms with Crippen LogP contribution in [-0.2, 0) is 11.3 Å². The number of carbonyl (C=O) groups is 1. The average molecular weight is 291 g/mol. The molecule has 0 saturated heterocycles. The Labute approximate surface area is 125 Å². The highest BCUT2D eigenvalue weighted by atomic mass is 19.1. The normalized spacial score (nSPS) is 11.8. The van der Waals surface area contributed by atoms with E-state index in [2.05, 4.69) is 0 Å². The second-order valence-corrected chi connectivity index (χ2v) is 5.21. The number of carbonyl (C=O) groups excluding carboxylic acids is 1. The minimum atomic E-state index is -0.448. The molecule has 0 bridgehead atoms. The number of halogens is 1. The van der Waals surface area contributed by atoms with Crippen LogP contribution in [0.3, 0.4) is 0 Å². The van der Waals surface area contributed by atoms with Gasteiger partial charge in [0, 0.05) is 25.1 Å². The number of hydrogen-bond acceptors (Lipinski definition) is 3. The van der Waals surface area contributed by atoms with Crippen LogP contribution in [0.1, 0.15) is 37.8 Å². The zero-order valence-electron chi connectivity index (χ0n) is 12.6. The van der Waals surface area contributed by atoms with Gasteiger partial charge in [-0.1, -0.05) is 13.0 Å². The molecule has 1 atom stereocenters. The fraction of sp³-hybridized carbons (Fsp3) is 0.500. The molecular weight excluding hydrogens is 269 g/mol. The van der Waals surface area contributed by atoms with Crippen molar-refractivity contribution in [3.63, 3.8) is 0 Å². The van der Waals surface area contributed by atoms with Crippen LogP contribution in [-0.4, -0.2) is 23.9 Å². The van der Waals surface area contributed by atoms with Gasteiger partial charge in [0.05, 0.1) is 11.6 Å². The lowest BCUT2D eigenvalue weighted by Crippen LogP contribution is -2.31. The first kappa shape index (κ1) is 17.1. The van der Waals surface area contributed by atoms with Crippen molar-refractivity contribution in [3.8, 4) is 6.07 Å². The van der Waals surface area contributed by atoms with Crippen LogP contribution in [0.25, 0.3) is 0 Å². The van der Waals surface area contributed by atoms with E-state index in [1.54, 1.807) is 17.0 Å². The van der Waals surface area contributed by atoms with Crippen LogP contribution in [0, 0.1) is 23.1 Å². The Balaban J connectivity index is 2.69. The highest BCUT2D eigenvalue weighted by Gasteiger charge is 2.15. The van der Waals surface area contributed by atoms with Crippen molar-refractivity contribution in [3.05, 3.63) is 35.1 Å². The van der Waals surface area contributed by atoms with Crippen LogP contribution < -0.4 is 5.73 Å². The number of rotatable bonds is 7. The molecule has 0 radical (unpaired) electrons. The molecule has 5 heteroatoms. The number of hydrogen-bond donors (Lipinski definition) is 1.